The van der Waals surface area contributed by atoms with Crippen molar-refractivity contribution in [2.75, 3.05) is 0 Å². The second kappa shape index (κ2) is 6.34. The van der Waals surface area contributed by atoms with Gasteiger partial charge < -0.3 is 5.11 Å². The van der Waals surface area contributed by atoms with E-state index in [1.165, 1.54) is 6.21 Å². The Morgan fingerprint density at radius 1 is 1.30 bits per heavy atom. The first-order valence-electron chi connectivity index (χ1n) is 5.95. The lowest BCUT2D eigenvalue weighted by Gasteiger charge is -2.03. The van der Waals surface area contributed by atoms with E-state index < -0.39 is 0 Å². The van der Waals surface area contributed by atoms with Crippen molar-refractivity contribution in [3.8, 4) is 5.75 Å². The van der Waals surface area contributed by atoms with Crippen LogP contribution in [0, 0.1) is 6.92 Å². The van der Waals surface area contributed by atoms with E-state index in [1.807, 2.05) is 19.1 Å². The normalized spacial score (nSPS) is 10.7. The lowest BCUT2D eigenvalue weighted by Crippen LogP contribution is -2.18. The van der Waals surface area contributed by atoms with Gasteiger partial charge in [-0.05, 0) is 36.8 Å². The number of carbonyl (C=O) groups is 1. The van der Waals surface area contributed by atoms with Crippen LogP contribution in [0.4, 0.5) is 0 Å². The molecule has 20 heavy (non-hydrogen) atoms. The Morgan fingerprint density at radius 2 is 2.05 bits per heavy atom. The molecule has 0 aliphatic carbocycles. The van der Waals surface area contributed by atoms with Gasteiger partial charge in [-0.15, -0.1) is 0 Å². The number of phenols is 1. The fraction of sp³-hybridized carbons (Fsp3) is 0.0667. The summed E-state index contributed by atoms with van der Waals surface area (Å²) in [4.78, 5) is 11.9. The zero-order chi connectivity index (χ0) is 14.5. The maximum absolute atomic E-state index is 11.9. The molecule has 0 heterocycles. The monoisotopic (exact) mass is 332 g/mol. The number of nitrogens with one attached hydrogen (secondary N) is 1. The third kappa shape index (κ3) is 3.45. The van der Waals surface area contributed by atoms with Crippen molar-refractivity contribution in [1.82, 2.24) is 5.43 Å². The van der Waals surface area contributed by atoms with Crippen LogP contribution in [0.25, 0.3) is 0 Å². The minimum Gasteiger partial charge on any atom is -0.507 e. The quantitative estimate of drug-likeness (QED) is 0.669. The number of aromatic hydroxyl groups is 1. The predicted molar refractivity (Wildman–Crippen MR) is 82.0 cm³/mol. The molecule has 2 rings (SSSR count). The summed E-state index contributed by atoms with van der Waals surface area (Å²) in [5, 5.41) is 13.5. The van der Waals surface area contributed by atoms with Crippen LogP contribution >= 0.6 is 15.9 Å². The van der Waals surface area contributed by atoms with Crippen LogP contribution in [0.15, 0.2) is 52.0 Å². The van der Waals surface area contributed by atoms with E-state index in [2.05, 4.69) is 26.5 Å². The first-order valence-corrected chi connectivity index (χ1v) is 6.75. The first-order chi connectivity index (χ1) is 9.58. The molecule has 0 saturated carbocycles. The highest BCUT2D eigenvalue weighted by Crippen LogP contribution is 2.19. The minimum absolute atomic E-state index is 0.0992. The molecule has 0 spiro atoms. The van der Waals surface area contributed by atoms with Crippen LogP contribution in [0.1, 0.15) is 21.5 Å². The SMILES string of the molecule is Cc1ccccc1C(=O)NN=Cc1cc(Br)ccc1O. The van der Waals surface area contributed by atoms with Crippen molar-refractivity contribution < 1.29 is 9.90 Å². The molecule has 0 aliphatic rings. The molecule has 0 bridgehead atoms. The molecule has 0 aromatic heterocycles. The average Bonchev–Trinajstić information content (AvgIpc) is 2.43. The zero-order valence-electron chi connectivity index (χ0n) is 10.8. The summed E-state index contributed by atoms with van der Waals surface area (Å²) in [6.07, 6.45) is 1.40. The third-order valence-corrected chi connectivity index (χ3v) is 3.24. The Labute approximate surface area is 125 Å². The third-order valence-electron chi connectivity index (χ3n) is 2.75. The molecule has 0 radical (unpaired) electrons. The fourth-order valence-electron chi connectivity index (χ4n) is 1.68. The Kier molecular flexibility index (Phi) is 4.53. The van der Waals surface area contributed by atoms with Crippen LogP contribution in [-0.4, -0.2) is 17.2 Å². The standard InChI is InChI=1S/C15H13BrN2O2/c1-10-4-2-3-5-13(10)15(20)18-17-9-11-8-12(16)6-7-14(11)19/h2-9,19H,1H3,(H,18,20). The van der Waals surface area contributed by atoms with Crippen molar-refractivity contribution in [2.24, 2.45) is 5.10 Å². The molecule has 5 heteroatoms. The fourth-order valence-corrected chi connectivity index (χ4v) is 2.06. The molecular weight excluding hydrogens is 320 g/mol. The zero-order valence-corrected chi connectivity index (χ0v) is 12.4. The highest BCUT2D eigenvalue weighted by Gasteiger charge is 2.06. The number of hydrazone groups is 1. The van der Waals surface area contributed by atoms with Gasteiger partial charge in [-0.3, -0.25) is 4.79 Å². The highest BCUT2D eigenvalue weighted by molar-refractivity contribution is 9.10. The van der Waals surface area contributed by atoms with Gasteiger partial charge in [-0.2, -0.15) is 5.10 Å². The maximum atomic E-state index is 11.9. The van der Waals surface area contributed by atoms with Crippen LogP contribution in [0.3, 0.4) is 0 Å². The van der Waals surface area contributed by atoms with Gasteiger partial charge in [0.1, 0.15) is 5.75 Å². The molecule has 102 valence electrons. The number of halogens is 1. The second-order valence-electron chi connectivity index (χ2n) is 4.22. The molecule has 2 N–H and O–H groups in total. The van der Waals surface area contributed by atoms with Gasteiger partial charge in [0.2, 0.25) is 0 Å². The second-order valence-corrected chi connectivity index (χ2v) is 5.13. The van der Waals surface area contributed by atoms with E-state index in [1.54, 1.807) is 30.3 Å². The lowest BCUT2D eigenvalue weighted by molar-refractivity contribution is 0.0954. The molecule has 1 amide bonds. The molecule has 0 unspecified atom stereocenters. The number of hydrogen-bond donors (Lipinski definition) is 2. The number of amides is 1. The van der Waals surface area contributed by atoms with Crippen LogP contribution in [0.2, 0.25) is 0 Å². The smallest absolute Gasteiger partial charge is 0.271 e. The van der Waals surface area contributed by atoms with Gasteiger partial charge >= 0.3 is 0 Å². The van der Waals surface area contributed by atoms with E-state index in [-0.39, 0.29) is 11.7 Å². The highest BCUT2D eigenvalue weighted by atomic mass is 79.9. The van der Waals surface area contributed by atoms with E-state index in [0.29, 0.717) is 11.1 Å². The number of benzene rings is 2. The summed E-state index contributed by atoms with van der Waals surface area (Å²) in [6.45, 7) is 1.86. The number of phenolic OH excluding ortho intramolecular Hbond substituents is 1. The van der Waals surface area contributed by atoms with Crippen molar-refractivity contribution in [3.63, 3.8) is 0 Å². The lowest BCUT2D eigenvalue weighted by atomic mass is 10.1. The molecule has 0 aliphatic heterocycles. The number of nitrogens with zero attached hydrogens (tertiary/aromatic N) is 1. The Bertz CT molecular complexity index is 669. The molecule has 2 aromatic rings. The van der Waals surface area contributed by atoms with E-state index >= 15 is 0 Å². The van der Waals surface area contributed by atoms with E-state index in [9.17, 15) is 9.90 Å². The molecular formula is C15H13BrN2O2. The average molecular weight is 333 g/mol. The summed E-state index contributed by atoms with van der Waals surface area (Å²) in [6, 6.07) is 12.2. The summed E-state index contributed by atoms with van der Waals surface area (Å²) in [7, 11) is 0. The number of rotatable bonds is 3. The number of hydrogen-bond acceptors (Lipinski definition) is 3. The van der Waals surface area contributed by atoms with E-state index in [4.69, 9.17) is 0 Å². The van der Waals surface area contributed by atoms with Crippen molar-refractivity contribution in [2.45, 2.75) is 6.92 Å². The van der Waals surface area contributed by atoms with Gasteiger partial charge in [-0.1, -0.05) is 34.1 Å². The largest absolute Gasteiger partial charge is 0.507 e. The Morgan fingerprint density at radius 3 is 2.80 bits per heavy atom. The van der Waals surface area contributed by atoms with Crippen LogP contribution in [-0.2, 0) is 0 Å². The van der Waals surface area contributed by atoms with Crippen LogP contribution in [0.5, 0.6) is 5.75 Å². The molecule has 0 atom stereocenters. The molecule has 4 nitrogen and oxygen atoms in total. The molecule has 0 saturated heterocycles. The predicted octanol–water partition coefficient (Wildman–Crippen LogP) is 3.23. The summed E-state index contributed by atoms with van der Waals surface area (Å²) >= 11 is 3.30. The Hall–Kier alpha value is -2.14. The van der Waals surface area contributed by atoms with Crippen LogP contribution < -0.4 is 5.43 Å². The summed E-state index contributed by atoms with van der Waals surface area (Å²) in [5.74, 6) is -0.184. The molecule has 0 fully saturated rings. The van der Waals surface area contributed by atoms with Gasteiger partial charge in [0.25, 0.3) is 5.91 Å². The number of carbonyl (C=O) groups excluding carboxylic acids is 1. The van der Waals surface area contributed by atoms with Crippen molar-refractivity contribution in [3.05, 3.63) is 63.6 Å². The summed E-state index contributed by atoms with van der Waals surface area (Å²) in [5.41, 5.74) is 4.41. The number of aryl methyl sites for hydroxylation is 1. The van der Waals surface area contributed by atoms with Gasteiger partial charge in [-0.25, -0.2) is 5.43 Å². The molecule has 2 aromatic carbocycles. The topological polar surface area (TPSA) is 61.7 Å². The van der Waals surface area contributed by atoms with Crippen molar-refractivity contribution in [1.29, 1.82) is 0 Å². The van der Waals surface area contributed by atoms with Gasteiger partial charge in [0, 0.05) is 15.6 Å². The van der Waals surface area contributed by atoms with E-state index in [0.717, 1.165) is 10.0 Å². The minimum atomic E-state index is -0.283. The van der Waals surface area contributed by atoms with Crippen molar-refractivity contribution >= 4 is 28.1 Å². The van der Waals surface area contributed by atoms with Gasteiger partial charge in [0.05, 0.1) is 6.21 Å². The first kappa shape index (κ1) is 14.3. The van der Waals surface area contributed by atoms with Gasteiger partial charge in [0.15, 0.2) is 0 Å². The summed E-state index contributed by atoms with van der Waals surface area (Å²) < 4.78 is 0.821. The Balaban J connectivity index is 2.09. The maximum Gasteiger partial charge on any atom is 0.271 e.